The number of fused-ring (bicyclic) bond motifs is 2. The van der Waals surface area contributed by atoms with Crippen LogP contribution in [0.25, 0.3) is 0 Å². The van der Waals surface area contributed by atoms with E-state index >= 15 is 0 Å². The SMILES string of the molecule is CC(C)n1nc(N[C@H]2[C@@H]3CC[C@H]2CN(C(=O)O)C3)nc1Oc1cccc(F)c1. The number of carbonyl (C=O) groups is 1. The molecule has 4 rings (SSSR count). The lowest BCUT2D eigenvalue weighted by Gasteiger charge is -2.36. The molecule has 1 saturated heterocycles. The predicted octanol–water partition coefficient (Wildman–Crippen LogP) is 3.59. The van der Waals surface area contributed by atoms with Crippen molar-refractivity contribution in [3.05, 3.63) is 30.1 Å². The van der Waals surface area contributed by atoms with Crippen LogP contribution in [0.4, 0.5) is 15.1 Å². The Morgan fingerprint density at radius 1 is 1.32 bits per heavy atom. The Balaban J connectivity index is 1.52. The van der Waals surface area contributed by atoms with E-state index in [4.69, 9.17) is 4.74 Å². The van der Waals surface area contributed by atoms with E-state index in [-0.39, 0.29) is 29.7 Å². The first kappa shape index (κ1) is 18.5. The van der Waals surface area contributed by atoms with Gasteiger partial charge in [0.15, 0.2) is 0 Å². The molecule has 2 aromatic rings. The van der Waals surface area contributed by atoms with Crippen molar-refractivity contribution in [2.24, 2.45) is 11.8 Å². The van der Waals surface area contributed by atoms with Crippen molar-refractivity contribution in [2.75, 3.05) is 18.4 Å². The number of piperidine rings is 1. The molecule has 1 aliphatic heterocycles. The van der Waals surface area contributed by atoms with Gasteiger partial charge in [-0.1, -0.05) is 6.07 Å². The number of hydrogen-bond donors (Lipinski definition) is 2. The molecule has 1 aromatic heterocycles. The van der Waals surface area contributed by atoms with Gasteiger partial charge in [-0.2, -0.15) is 4.98 Å². The summed E-state index contributed by atoms with van der Waals surface area (Å²) in [4.78, 5) is 17.3. The zero-order chi connectivity index (χ0) is 19.8. The number of ether oxygens (including phenoxy) is 1. The molecule has 2 N–H and O–H groups in total. The van der Waals surface area contributed by atoms with E-state index in [1.54, 1.807) is 16.8 Å². The number of anilines is 1. The first-order valence-electron chi connectivity index (χ1n) is 9.55. The first-order chi connectivity index (χ1) is 13.4. The van der Waals surface area contributed by atoms with E-state index in [1.165, 1.54) is 17.0 Å². The van der Waals surface area contributed by atoms with Gasteiger partial charge < -0.3 is 20.1 Å². The van der Waals surface area contributed by atoms with Gasteiger partial charge in [-0.3, -0.25) is 0 Å². The van der Waals surface area contributed by atoms with E-state index in [0.717, 1.165) is 12.8 Å². The number of nitrogens with zero attached hydrogens (tertiary/aromatic N) is 4. The summed E-state index contributed by atoms with van der Waals surface area (Å²) in [7, 11) is 0. The van der Waals surface area contributed by atoms with Crippen molar-refractivity contribution in [1.82, 2.24) is 19.7 Å². The number of likely N-dealkylation sites (tertiary alicyclic amines) is 1. The van der Waals surface area contributed by atoms with Crippen LogP contribution in [0.15, 0.2) is 24.3 Å². The van der Waals surface area contributed by atoms with E-state index < -0.39 is 6.09 Å². The molecule has 2 bridgehead atoms. The van der Waals surface area contributed by atoms with Gasteiger partial charge in [-0.05, 0) is 50.7 Å². The van der Waals surface area contributed by atoms with Crippen LogP contribution in [0.3, 0.4) is 0 Å². The average molecular weight is 389 g/mol. The second kappa shape index (κ2) is 7.29. The molecule has 3 atom stereocenters. The number of nitrogens with one attached hydrogen (secondary N) is 1. The summed E-state index contributed by atoms with van der Waals surface area (Å²) in [6.45, 7) is 4.99. The smallest absolute Gasteiger partial charge is 0.407 e. The van der Waals surface area contributed by atoms with E-state index in [0.29, 0.717) is 30.8 Å². The Kier molecular flexibility index (Phi) is 4.82. The van der Waals surface area contributed by atoms with Gasteiger partial charge >= 0.3 is 12.1 Å². The number of amides is 1. The molecule has 0 unspecified atom stereocenters. The second-order valence-electron chi connectivity index (χ2n) is 7.77. The highest BCUT2D eigenvalue weighted by molar-refractivity contribution is 5.65. The number of halogens is 1. The third-order valence-corrected chi connectivity index (χ3v) is 5.49. The number of carboxylic acid groups (broad SMARTS) is 1. The van der Waals surface area contributed by atoms with E-state index in [1.807, 2.05) is 13.8 Å². The van der Waals surface area contributed by atoms with Gasteiger partial charge in [0.2, 0.25) is 5.95 Å². The molecule has 0 radical (unpaired) electrons. The van der Waals surface area contributed by atoms with Crippen LogP contribution >= 0.6 is 0 Å². The van der Waals surface area contributed by atoms with Crippen LogP contribution in [-0.4, -0.2) is 50.0 Å². The maximum atomic E-state index is 13.4. The fourth-order valence-electron chi connectivity index (χ4n) is 4.18. The van der Waals surface area contributed by atoms with Crippen LogP contribution in [0.5, 0.6) is 11.8 Å². The molecule has 2 aliphatic rings. The van der Waals surface area contributed by atoms with Crippen LogP contribution in [0, 0.1) is 17.7 Å². The summed E-state index contributed by atoms with van der Waals surface area (Å²) in [5.41, 5.74) is 0. The highest BCUT2D eigenvalue weighted by Gasteiger charge is 2.43. The standard InChI is InChI=1S/C19H24FN5O3/c1-11(2)25-18(28-15-5-3-4-14(20)8-15)22-17(23-25)21-16-12-6-7-13(16)10-24(9-12)19(26)27/h3-5,8,11-13,16H,6-7,9-10H2,1-2H3,(H,21,23)(H,26,27)/t12-,13+,16+. The second-order valence-corrected chi connectivity index (χ2v) is 7.77. The summed E-state index contributed by atoms with van der Waals surface area (Å²) in [6, 6.07) is 6.34. The molecule has 2 heterocycles. The highest BCUT2D eigenvalue weighted by Crippen LogP contribution is 2.38. The summed E-state index contributed by atoms with van der Waals surface area (Å²) >= 11 is 0. The Morgan fingerprint density at radius 2 is 2.04 bits per heavy atom. The van der Waals surface area contributed by atoms with Crippen molar-refractivity contribution in [1.29, 1.82) is 0 Å². The molecule has 1 aromatic carbocycles. The Morgan fingerprint density at radius 3 is 2.64 bits per heavy atom. The Hall–Kier alpha value is -2.84. The Labute approximate surface area is 162 Å². The topological polar surface area (TPSA) is 92.5 Å². The fraction of sp³-hybridized carbons (Fsp3) is 0.526. The molecule has 1 saturated carbocycles. The minimum absolute atomic E-state index is 0.0113. The Bertz CT molecular complexity index is 857. The van der Waals surface area contributed by atoms with E-state index in [9.17, 15) is 14.3 Å². The lowest BCUT2D eigenvalue weighted by molar-refractivity contribution is 0.112. The summed E-state index contributed by atoms with van der Waals surface area (Å²) in [6.07, 6.45) is 1.12. The third-order valence-electron chi connectivity index (χ3n) is 5.49. The summed E-state index contributed by atoms with van der Waals surface area (Å²) in [5.74, 6) is 0.913. The molecule has 150 valence electrons. The predicted molar refractivity (Wildman–Crippen MR) is 100 cm³/mol. The van der Waals surface area contributed by atoms with Gasteiger partial charge in [0, 0.05) is 25.2 Å². The van der Waals surface area contributed by atoms with Crippen molar-refractivity contribution >= 4 is 12.0 Å². The first-order valence-corrected chi connectivity index (χ1v) is 9.55. The van der Waals surface area contributed by atoms with Gasteiger partial charge in [-0.15, -0.1) is 5.10 Å². The lowest BCUT2D eigenvalue weighted by atomic mass is 9.92. The van der Waals surface area contributed by atoms with Crippen molar-refractivity contribution < 1.29 is 19.0 Å². The quantitative estimate of drug-likeness (QED) is 0.812. The molecule has 2 fully saturated rings. The minimum Gasteiger partial charge on any atom is -0.465 e. The summed E-state index contributed by atoms with van der Waals surface area (Å²) < 4.78 is 20.9. The fourth-order valence-corrected chi connectivity index (χ4v) is 4.18. The zero-order valence-electron chi connectivity index (χ0n) is 15.9. The largest absolute Gasteiger partial charge is 0.465 e. The van der Waals surface area contributed by atoms with Crippen LogP contribution in [0.1, 0.15) is 32.7 Å². The maximum absolute atomic E-state index is 13.4. The van der Waals surface area contributed by atoms with Crippen LogP contribution in [0.2, 0.25) is 0 Å². The highest BCUT2D eigenvalue weighted by atomic mass is 19.1. The zero-order valence-corrected chi connectivity index (χ0v) is 15.9. The van der Waals surface area contributed by atoms with Crippen molar-refractivity contribution in [2.45, 2.75) is 38.8 Å². The van der Waals surface area contributed by atoms with Gasteiger partial charge in [0.25, 0.3) is 0 Å². The van der Waals surface area contributed by atoms with Crippen LogP contribution < -0.4 is 10.1 Å². The number of hydrogen-bond acceptors (Lipinski definition) is 5. The number of aromatic nitrogens is 3. The molecule has 0 spiro atoms. The number of benzene rings is 1. The molecule has 9 heteroatoms. The average Bonchev–Trinajstić information content (AvgIpc) is 3.12. The molecular weight excluding hydrogens is 365 g/mol. The van der Waals surface area contributed by atoms with Gasteiger partial charge in [0.05, 0.1) is 6.04 Å². The van der Waals surface area contributed by atoms with Crippen molar-refractivity contribution in [3.8, 4) is 11.8 Å². The van der Waals surface area contributed by atoms with Crippen molar-refractivity contribution in [3.63, 3.8) is 0 Å². The number of rotatable bonds is 5. The molecular formula is C19H24FN5O3. The summed E-state index contributed by atoms with van der Waals surface area (Å²) in [5, 5.41) is 17.2. The minimum atomic E-state index is -0.858. The lowest BCUT2D eigenvalue weighted by Crippen LogP contribution is -2.49. The van der Waals surface area contributed by atoms with E-state index in [2.05, 4.69) is 15.4 Å². The van der Waals surface area contributed by atoms with Gasteiger partial charge in [-0.25, -0.2) is 13.9 Å². The van der Waals surface area contributed by atoms with Crippen LogP contribution in [-0.2, 0) is 0 Å². The third kappa shape index (κ3) is 3.61. The monoisotopic (exact) mass is 389 g/mol. The molecule has 28 heavy (non-hydrogen) atoms. The maximum Gasteiger partial charge on any atom is 0.407 e. The normalized spacial score (nSPS) is 23.9. The van der Waals surface area contributed by atoms with Gasteiger partial charge in [0.1, 0.15) is 11.6 Å². The molecule has 1 amide bonds. The molecule has 1 aliphatic carbocycles. The molecule has 8 nitrogen and oxygen atoms in total.